The Morgan fingerprint density at radius 3 is 2.67 bits per heavy atom. The van der Waals surface area contributed by atoms with Gasteiger partial charge in [-0.1, -0.05) is 30.9 Å². The van der Waals surface area contributed by atoms with Crippen molar-refractivity contribution in [2.45, 2.75) is 44.6 Å². The second-order valence-corrected chi connectivity index (χ2v) is 5.99. The summed E-state index contributed by atoms with van der Waals surface area (Å²) >= 11 is 6.13. The van der Waals surface area contributed by atoms with Gasteiger partial charge >= 0.3 is 0 Å². The van der Waals surface area contributed by atoms with Crippen molar-refractivity contribution < 1.29 is 10.0 Å². The second kappa shape index (κ2) is 7.61. The van der Waals surface area contributed by atoms with Gasteiger partial charge in [0, 0.05) is 24.8 Å². The first-order chi connectivity index (χ1) is 10.1. The molecule has 1 fully saturated rings. The SMILES string of the molecule is O=[N+]([O-])c1ccc(NC(CCO)C2CCCCC2)c(Cl)c1. The Morgan fingerprint density at radius 2 is 2.10 bits per heavy atom. The number of hydrogen-bond acceptors (Lipinski definition) is 4. The molecule has 1 saturated carbocycles. The summed E-state index contributed by atoms with van der Waals surface area (Å²) in [4.78, 5) is 10.3. The van der Waals surface area contributed by atoms with Gasteiger partial charge in [-0.2, -0.15) is 0 Å². The normalized spacial score (nSPS) is 17.4. The van der Waals surface area contributed by atoms with E-state index in [1.807, 2.05) is 0 Å². The first-order valence-corrected chi connectivity index (χ1v) is 7.81. The third-order valence-corrected chi connectivity index (χ3v) is 4.48. The van der Waals surface area contributed by atoms with Crippen molar-refractivity contribution in [2.75, 3.05) is 11.9 Å². The number of nitrogens with zero attached hydrogens (tertiary/aromatic N) is 1. The summed E-state index contributed by atoms with van der Waals surface area (Å²) in [6.07, 6.45) is 6.70. The molecule has 2 N–H and O–H groups in total. The van der Waals surface area contributed by atoms with Crippen LogP contribution in [0.25, 0.3) is 0 Å². The molecule has 1 unspecified atom stereocenters. The second-order valence-electron chi connectivity index (χ2n) is 5.58. The molecule has 5 nitrogen and oxygen atoms in total. The van der Waals surface area contributed by atoms with Gasteiger partial charge < -0.3 is 10.4 Å². The monoisotopic (exact) mass is 312 g/mol. The lowest BCUT2D eigenvalue weighted by Gasteiger charge is -2.31. The molecular formula is C15H21ClN2O3. The molecule has 21 heavy (non-hydrogen) atoms. The van der Waals surface area contributed by atoms with E-state index in [1.54, 1.807) is 6.07 Å². The first kappa shape index (κ1) is 16.0. The van der Waals surface area contributed by atoms with Gasteiger partial charge in [-0.05, 0) is 31.2 Å². The summed E-state index contributed by atoms with van der Waals surface area (Å²) in [6, 6.07) is 4.62. The highest BCUT2D eigenvalue weighted by molar-refractivity contribution is 6.33. The molecule has 0 amide bonds. The summed E-state index contributed by atoms with van der Waals surface area (Å²) in [5.74, 6) is 0.525. The fraction of sp³-hybridized carbons (Fsp3) is 0.600. The number of anilines is 1. The Labute approximate surface area is 129 Å². The molecule has 1 aliphatic rings. The highest BCUT2D eigenvalue weighted by atomic mass is 35.5. The Kier molecular flexibility index (Phi) is 5.82. The van der Waals surface area contributed by atoms with Crippen LogP contribution in [-0.4, -0.2) is 22.7 Å². The molecule has 0 aliphatic heterocycles. The van der Waals surface area contributed by atoms with E-state index < -0.39 is 4.92 Å². The maximum absolute atomic E-state index is 10.7. The minimum atomic E-state index is -0.456. The van der Waals surface area contributed by atoms with Crippen LogP contribution in [0.1, 0.15) is 38.5 Å². The summed E-state index contributed by atoms with van der Waals surface area (Å²) in [5, 5.41) is 23.7. The summed E-state index contributed by atoms with van der Waals surface area (Å²) in [7, 11) is 0. The van der Waals surface area contributed by atoms with E-state index in [0.29, 0.717) is 23.0 Å². The zero-order valence-corrected chi connectivity index (χ0v) is 12.7. The number of nitro groups is 1. The zero-order valence-electron chi connectivity index (χ0n) is 11.9. The fourth-order valence-electron chi connectivity index (χ4n) is 3.04. The molecule has 1 aliphatic carbocycles. The fourth-order valence-corrected chi connectivity index (χ4v) is 3.27. The summed E-state index contributed by atoms with van der Waals surface area (Å²) in [6.45, 7) is 0.124. The lowest BCUT2D eigenvalue weighted by Crippen LogP contribution is -2.31. The van der Waals surface area contributed by atoms with Crippen LogP contribution < -0.4 is 5.32 Å². The lowest BCUT2D eigenvalue weighted by atomic mass is 9.82. The van der Waals surface area contributed by atoms with E-state index in [1.165, 1.54) is 31.4 Å². The predicted molar refractivity (Wildman–Crippen MR) is 83.8 cm³/mol. The molecular weight excluding hydrogens is 292 g/mol. The molecule has 1 atom stereocenters. The minimum Gasteiger partial charge on any atom is -0.396 e. The topological polar surface area (TPSA) is 75.4 Å². The average Bonchev–Trinajstić information content (AvgIpc) is 2.49. The number of nitro benzene ring substituents is 1. The third-order valence-electron chi connectivity index (χ3n) is 4.16. The number of aliphatic hydroxyl groups is 1. The van der Waals surface area contributed by atoms with Crippen LogP contribution in [0.4, 0.5) is 11.4 Å². The van der Waals surface area contributed by atoms with Crippen molar-refractivity contribution >= 4 is 23.0 Å². The molecule has 1 aromatic rings. The predicted octanol–water partition coefficient (Wildman–Crippen LogP) is 3.99. The number of non-ortho nitro benzene ring substituents is 1. The molecule has 2 rings (SSSR count). The Hall–Kier alpha value is -1.33. The summed E-state index contributed by atoms with van der Waals surface area (Å²) in [5.41, 5.74) is 0.688. The number of hydrogen-bond donors (Lipinski definition) is 2. The average molecular weight is 313 g/mol. The van der Waals surface area contributed by atoms with E-state index in [9.17, 15) is 15.2 Å². The van der Waals surface area contributed by atoms with Crippen LogP contribution in [0.15, 0.2) is 18.2 Å². The summed E-state index contributed by atoms with van der Waals surface area (Å²) < 4.78 is 0. The zero-order chi connectivity index (χ0) is 15.2. The van der Waals surface area contributed by atoms with Gasteiger partial charge in [0.25, 0.3) is 5.69 Å². The number of halogens is 1. The van der Waals surface area contributed by atoms with Gasteiger partial charge in [-0.25, -0.2) is 0 Å². The number of nitrogens with one attached hydrogen (secondary N) is 1. The molecule has 0 heterocycles. The maximum Gasteiger partial charge on any atom is 0.271 e. The van der Waals surface area contributed by atoms with Gasteiger partial charge in [0.15, 0.2) is 0 Å². The highest BCUT2D eigenvalue weighted by Gasteiger charge is 2.24. The molecule has 0 aromatic heterocycles. The van der Waals surface area contributed by atoms with Crippen molar-refractivity contribution in [1.29, 1.82) is 0 Å². The van der Waals surface area contributed by atoms with Gasteiger partial charge in [-0.15, -0.1) is 0 Å². The van der Waals surface area contributed by atoms with Gasteiger partial charge in [-0.3, -0.25) is 10.1 Å². The number of rotatable bonds is 6. The van der Waals surface area contributed by atoms with Crippen LogP contribution in [-0.2, 0) is 0 Å². The molecule has 0 saturated heterocycles. The van der Waals surface area contributed by atoms with E-state index in [2.05, 4.69) is 5.32 Å². The molecule has 1 aromatic carbocycles. The minimum absolute atomic E-state index is 0.0121. The van der Waals surface area contributed by atoms with Gasteiger partial charge in [0.2, 0.25) is 0 Å². The molecule has 0 bridgehead atoms. The molecule has 0 radical (unpaired) electrons. The number of benzene rings is 1. The van der Waals surface area contributed by atoms with Crippen molar-refractivity contribution in [3.63, 3.8) is 0 Å². The lowest BCUT2D eigenvalue weighted by molar-refractivity contribution is -0.384. The number of aliphatic hydroxyl groups excluding tert-OH is 1. The highest BCUT2D eigenvalue weighted by Crippen LogP contribution is 2.32. The van der Waals surface area contributed by atoms with E-state index in [0.717, 1.165) is 12.8 Å². The smallest absolute Gasteiger partial charge is 0.271 e. The molecule has 0 spiro atoms. The van der Waals surface area contributed by atoms with Crippen molar-refractivity contribution in [3.8, 4) is 0 Å². The molecule has 6 heteroatoms. The maximum atomic E-state index is 10.7. The van der Waals surface area contributed by atoms with Crippen LogP contribution in [0.3, 0.4) is 0 Å². The Bertz CT molecular complexity index is 490. The first-order valence-electron chi connectivity index (χ1n) is 7.43. The van der Waals surface area contributed by atoms with E-state index in [4.69, 9.17) is 11.6 Å². The van der Waals surface area contributed by atoms with Crippen LogP contribution in [0.2, 0.25) is 5.02 Å². The van der Waals surface area contributed by atoms with Crippen molar-refractivity contribution in [3.05, 3.63) is 33.3 Å². The van der Waals surface area contributed by atoms with E-state index in [-0.39, 0.29) is 18.3 Å². The Balaban J connectivity index is 2.10. The van der Waals surface area contributed by atoms with Crippen molar-refractivity contribution in [1.82, 2.24) is 0 Å². The van der Waals surface area contributed by atoms with Crippen LogP contribution >= 0.6 is 11.6 Å². The quantitative estimate of drug-likeness (QED) is 0.615. The van der Waals surface area contributed by atoms with E-state index >= 15 is 0 Å². The van der Waals surface area contributed by atoms with Crippen LogP contribution in [0.5, 0.6) is 0 Å². The Morgan fingerprint density at radius 1 is 1.38 bits per heavy atom. The third kappa shape index (κ3) is 4.32. The molecule has 116 valence electrons. The van der Waals surface area contributed by atoms with Crippen molar-refractivity contribution in [2.24, 2.45) is 5.92 Å². The van der Waals surface area contributed by atoms with Gasteiger partial charge in [0.1, 0.15) is 0 Å². The van der Waals surface area contributed by atoms with Gasteiger partial charge in [0.05, 0.1) is 15.6 Å². The largest absolute Gasteiger partial charge is 0.396 e. The van der Waals surface area contributed by atoms with Crippen LogP contribution in [0, 0.1) is 16.0 Å². The standard InChI is InChI=1S/C15H21ClN2O3/c16-13-10-12(18(20)21)6-7-15(13)17-14(8-9-19)11-4-2-1-3-5-11/h6-7,10-11,14,17,19H,1-5,8-9H2.